The maximum absolute atomic E-state index is 15.1. The number of aromatic nitrogens is 3. The minimum Gasteiger partial charge on any atom is -0.388 e. The number of fused-ring (bicyclic) bond motifs is 3. The quantitative estimate of drug-likeness (QED) is 0.0257. The number of rotatable bonds is 24. The zero-order chi connectivity index (χ0) is 64.0. The van der Waals surface area contributed by atoms with E-state index in [0.29, 0.717) is 74.6 Å². The van der Waals surface area contributed by atoms with Gasteiger partial charge in [-0.15, -0.1) is 0 Å². The summed E-state index contributed by atoms with van der Waals surface area (Å²) in [4.78, 5) is 162. The van der Waals surface area contributed by atoms with Gasteiger partial charge in [0, 0.05) is 100 Å². The van der Waals surface area contributed by atoms with Crippen molar-refractivity contribution in [3.8, 4) is 0 Å². The first-order valence-electron chi connectivity index (χ1n) is 30.9. The predicted molar refractivity (Wildman–Crippen MR) is 332 cm³/mol. The van der Waals surface area contributed by atoms with Gasteiger partial charge in [0.1, 0.15) is 36.3 Å². The molecule has 3 fully saturated rings. The molecule has 5 heterocycles. The van der Waals surface area contributed by atoms with Crippen molar-refractivity contribution in [1.82, 2.24) is 56.7 Å². The van der Waals surface area contributed by atoms with E-state index in [0.717, 1.165) is 10.9 Å². The first-order valence-corrected chi connectivity index (χ1v) is 30.9. The zero-order valence-electron chi connectivity index (χ0n) is 50.6. The third-order valence-electron chi connectivity index (χ3n) is 16.7. The van der Waals surface area contributed by atoms with Crippen molar-refractivity contribution >= 4 is 81.5 Å². The fourth-order valence-electron chi connectivity index (χ4n) is 12.0. The molecule has 4 aromatic rings. The molecule has 0 spiro atoms. The van der Waals surface area contributed by atoms with Crippen molar-refractivity contribution in [3.05, 3.63) is 90.1 Å². The van der Waals surface area contributed by atoms with E-state index >= 15 is 9.59 Å². The van der Waals surface area contributed by atoms with Gasteiger partial charge in [-0.2, -0.15) is 0 Å². The first-order chi connectivity index (χ1) is 42.8. The number of hydrogen-bond donors (Lipinski definition) is 13. The third kappa shape index (κ3) is 19.7. The lowest BCUT2D eigenvalue weighted by atomic mass is 9.89. The van der Waals surface area contributed by atoms with Crippen LogP contribution in [0.3, 0.4) is 0 Å². The zero-order valence-corrected chi connectivity index (χ0v) is 50.6. The molecule has 27 heteroatoms. The minimum atomic E-state index is -1.45. The molecule has 0 radical (unpaired) electrons. The van der Waals surface area contributed by atoms with Crippen molar-refractivity contribution in [2.45, 2.75) is 177 Å². The van der Waals surface area contributed by atoms with E-state index in [9.17, 15) is 38.4 Å². The van der Waals surface area contributed by atoms with Gasteiger partial charge in [-0.3, -0.25) is 58.3 Å². The summed E-state index contributed by atoms with van der Waals surface area (Å²) in [6.07, 6.45) is 8.58. The lowest BCUT2D eigenvalue weighted by Crippen LogP contribution is -2.60. The summed E-state index contributed by atoms with van der Waals surface area (Å²) in [5, 5.41) is 25.2. The number of nitrogens with one attached hydrogen (secondary N) is 9. The number of aromatic amines is 2. The molecule has 0 saturated carbocycles. The molecule has 89 heavy (non-hydrogen) atoms. The highest BCUT2D eigenvalue weighted by Crippen LogP contribution is 2.28. The van der Waals surface area contributed by atoms with Gasteiger partial charge in [0.2, 0.25) is 47.3 Å². The topological polar surface area (TPSA) is 434 Å². The number of nitrogens with zero attached hydrogens (tertiary/aromatic N) is 4. The Morgan fingerprint density at radius 1 is 0.674 bits per heavy atom. The maximum Gasteiger partial charge on any atom is 0.246 e. The molecule has 0 unspecified atom stereocenters. The molecule has 27 nitrogen and oxygen atoms in total. The van der Waals surface area contributed by atoms with Gasteiger partial charge in [0.15, 0.2) is 17.5 Å². The number of nitrogens with two attached hydrogens (primary N) is 4. The molecular formula is C62H87N17O10. The van der Waals surface area contributed by atoms with Crippen molar-refractivity contribution in [2.24, 2.45) is 33.8 Å². The van der Waals surface area contributed by atoms with E-state index in [1.807, 2.05) is 24.3 Å². The highest BCUT2D eigenvalue weighted by atomic mass is 16.2. The number of Topliss-reactive ketones (excluding diaryl/α,β-unsaturated/α-hetero) is 2. The number of amidine groups is 1. The van der Waals surface area contributed by atoms with Gasteiger partial charge in [0.05, 0.1) is 24.2 Å². The SMILES string of the molecule is CC(=O)N[C@@H](CCCCC(=N)N)C(=O)CCCCC[C@@H]1NC(=O)[C@H](CN)NC(=O)[C@H](Cc2c[nH]c3ccccc23)CC(=O)[C@H](CCCN=C(N)N)NC(=O)[C@@H](Cc2ccccc2)NC(=O)[C@H](Cc2cnc[nH]2)NC(=O)[C@@H]2CCCN2C(=O)[C@H]2CCCN2C1=O. The molecule has 480 valence electrons. The summed E-state index contributed by atoms with van der Waals surface area (Å²) in [5.41, 5.74) is 25.7. The number of carbonyl (C=O) groups is 10. The van der Waals surface area contributed by atoms with Crippen LogP contribution in [0.25, 0.3) is 10.9 Å². The molecule has 0 aliphatic carbocycles. The monoisotopic (exact) mass is 1230 g/mol. The molecule has 2 aromatic heterocycles. The molecular weight excluding hydrogens is 1140 g/mol. The van der Waals surface area contributed by atoms with Gasteiger partial charge in [-0.1, -0.05) is 67.8 Å². The maximum atomic E-state index is 15.1. The smallest absolute Gasteiger partial charge is 0.246 e. The second-order valence-corrected chi connectivity index (χ2v) is 23.4. The van der Waals surface area contributed by atoms with Crippen LogP contribution in [0.1, 0.15) is 126 Å². The third-order valence-corrected chi connectivity index (χ3v) is 16.7. The van der Waals surface area contributed by atoms with Crippen LogP contribution in [-0.2, 0) is 67.2 Å². The Balaban J connectivity index is 1.23. The first kappa shape index (κ1) is 67.5. The highest BCUT2D eigenvalue weighted by molar-refractivity contribution is 6.00. The Morgan fingerprint density at radius 3 is 2.00 bits per heavy atom. The van der Waals surface area contributed by atoms with Gasteiger partial charge >= 0.3 is 0 Å². The number of benzene rings is 2. The summed E-state index contributed by atoms with van der Waals surface area (Å²) < 4.78 is 0. The summed E-state index contributed by atoms with van der Waals surface area (Å²) in [6, 6.07) is 6.74. The minimum absolute atomic E-state index is 0.0118. The van der Waals surface area contributed by atoms with Gasteiger partial charge in [0.25, 0.3) is 0 Å². The molecule has 17 N–H and O–H groups in total. The normalized spacial score (nSPS) is 23.0. The highest BCUT2D eigenvalue weighted by Gasteiger charge is 2.45. The van der Waals surface area contributed by atoms with E-state index in [2.05, 4.69) is 51.8 Å². The number of amides is 8. The largest absolute Gasteiger partial charge is 0.388 e. The number of H-pyrrole nitrogens is 2. The Hall–Kier alpha value is -9.01. The lowest BCUT2D eigenvalue weighted by Gasteiger charge is -2.34. The standard InChI is InChI=1S/C62H87N17O10/c1-37(80)72-44(19-10-11-25-54(64)65)52(81)24-7-3-6-20-46-60(88)79-28-14-23-51(79)61(89)78-27-13-22-50(78)59(87)76-48(32-41-35-68-36-71-41)57(85)75-47(29-38-15-4-2-5-16-38)56(84)73-45(21-12-26-69-62(66)67)53(82)31-39(55(83)77-49(33-63)58(86)74-46)30-40-34-70-43-18-9-8-17-42(40)43/h2,4-5,8-9,15-18,34-36,39,44-51,70H,3,6-7,10-14,19-33,63H2,1H3,(H3,64,65)(H,68,71)(H,72,80)(H,73,84)(H,74,86)(H,75,85)(H,76,87)(H,77,83)(H4,66,67,69)/t39-,44+,45+,46+,47-,48+,49+,50+,51-/m1/s1. The van der Waals surface area contributed by atoms with Crippen molar-refractivity contribution < 1.29 is 47.9 Å². The second kappa shape index (κ2) is 33.4. The average molecular weight is 1230 g/mol. The van der Waals surface area contributed by atoms with Gasteiger partial charge in [-0.05, 0) is 87.8 Å². The Labute approximate surface area is 517 Å². The summed E-state index contributed by atoms with van der Waals surface area (Å²) >= 11 is 0. The fraction of sp³-hybridized carbons (Fsp3) is 0.532. The average Bonchev–Trinajstić information content (AvgIpc) is 3.26. The number of aliphatic imine (C=N–C) groups is 1. The number of imidazole rings is 1. The Bertz CT molecular complexity index is 3150. The van der Waals surface area contributed by atoms with Crippen molar-refractivity contribution in [3.63, 3.8) is 0 Å². The van der Waals surface area contributed by atoms with Crippen molar-refractivity contribution in [1.29, 1.82) is 5.41 Å². The number of ketones is 2. The summed E-state index contributed by atoms with van der Waals surface area (Å²) in [5.74, 6) is -7.25. The summed E-state index contributed by atoms with van der Waals surface area (Å²) in [7, 11) is 0. The van der Waals surface area contributed by atoms with E-state index in [-0.39, 0.29) is 101 Å². The van der Waals surface area contributed by atoms with Crippen LogP contribution < -0.4 is 54.8 Å². The molecule has 3 aliphatic rings. The lowest BCUT2D eigenvalue weighted by molar-refractivity contribution is -0.148. The molecule has 3 aliphatic heterocycles. The molecule has 2 aromatic carbocycles. The molecule has 8 amide bonds. The summed E-state index contributed by atoms with van der Waals surface area (Å²) in [6.45, 7) is 1.26. The number of guanidine groups is 1. The van der Waals surface area contributed by atoms with Crippen LogP contribution in [0, 0.1) is 11.3 Å². The number of hydrogen-bond acceptors (Lipinski definition) is 14. The Morgan fingerprint density at radius 2 is 1.30 bits per heavy atom. The van der Waals surface area contributed by atoms with Crippen LogP contribution in [0.4, 0.5) is 0 Å². The van der Waals surface area contributed by atoms with E-state index in [1.165, 1.54) is 29.2 Å². The molecule has 7 rings (SSSR count). The van der Waals surface area contributed by atoms with Gasteiger partial charge < -0.3 is 74.6 Å². The number of carbonyl (C=O) groups excluding carboxylic acids is 10. The van der Waals surface area contributed by atoms with Crippen molar-refractivity contribution in [2.75, 3.05) is 26.2 Å². The van der Waals surface area contributed by atoms with E-state index in [1.54, 1.807) is 36.5 Å². The van der Waals surface area contributed by atoms with Crippen LogP contribution in [0.15, 0.2) is 78.3 Å². The fourth-order valence-corrected chi connectivity index (χ4v) is 12.0. The van der Waals surface area contributed by atoms with Crippen LogP contribution in [-0.4, -0.2) is 170 Å². The molecule has 0 bridgehead atoms. The van der Waals surface area contributed by atoms with Crippen LogP contribution >= 0.6 is 0 Å². The second-order valence-electron chi connectivity index (χ2n) is 23.4. The number of para-hydroxylation sites is 1. The predicted octanol–water partition coefficient (Wildman–Crippen LogP) is 0.447. The number of unbranched alkanes of at least 4 members (excludes halogenated alkanes) is 3. The molecule has 9 atom stereocenters. The van der Waals surface area contributed by atoms with Gasteiger partial charge in [-0.25, -0.2) is 4.98 Å². The van der Waals surface area contributed by atoms with Crippen LogP contribution in [0.2, 0.25) is 0 Å². The Kier molecular flexibility index (Phi) is 25.3. The molecule has 3 saturated heterocycles. The van der Waals surface area contributed by atoms with Crippen LogP contribution in [0.5, 0.6) is 0 Å². The van der Waals surface area contributed by atoms with E-state index in [4.69, 9.17) is 28.3 Å². The van der Waals surface area contributed by atoms with E-state index < -0.39 is 114 Å².